The molecule has 20 heavy (non-hydrogen) atoms. The van der Waals surface area contributed by atoms with Crippen molar-refractivity contribution in [2.45, 2.75) is 39.0 Å². The van der Waals surface area contributed by atoms with Crippen molar-refractivity contribution in [3.05, 3.63) is 23.8 Å². The Balaban J connectivity index is 2.29. The van der Waals surface area contributed by atoms with Gasteiger partial charge in [0.15, 0.2) is 11.5 Å². The molecule has 0 amide bonds. The van der Waals surface area contributed by atoms with Crippen molar-refractivity contribution in [1.82, 2.24) is 0 Å². The lowest BCUT2D eigenvalue weighted by Gasteiger charge is -2.49. The molecule has 0 bridgehead atoms. The highest BCUT2D eigenvalue weighted by Crippen LogP contribution is 2.54. The van der Waals surface area contributed by atoms with E-state index in [1.165, 1.54) is 0 Å². The molecule has 0 aliphatic heterocycles. The molecule has 1 fully saturated rings. The Morgan fingerprint density at radius 2 is 1.75 bits per heavy atom. The molecule has 1 aliphatic rings. The zero-order chi connectivity index (χ0) is 15.0. The smallest absolute Gasteiger partial charge is 0.161 e. The van der Waals surface area contributed by atoms with Crippen LogP contribution in [0.15, 0.2) is 18.2 Å². The summed E-state index contributed by atoms with van der Waals surface area (Å²) in [6.07, 6.45) is 1.84. The first-order valence-corrected chi connectivity index (χ1v) is 7.00. The van der Waals surface area contributed by atoms with Crippen LogP contribution in [0.3, 0.4) is 0 Å². The Hall–Kier alpha value is -1.69. The van der Waals surface area contributed by atoms with Gasteiger partial charge in [-0.1, -0.05) is 26.8 Å². The van der Waals surface area contributed by atoms with Crippen LogP contribution in [-0.4, -0.2) is 14.2 Å². The van der Waals surface area contributed by atoms with Gasteiger partial charge in [0.05, 0.1) is 25.7 Å². The topological polar surface area (TPSA) is 42.2 Å². The fraction of sp³-hybridized carbons (Fsp3) is 0.588. The van der Waals surface area contributed by atoms with Gasteiger partial charge in [-0.15, -0.1) is 0 Å². The standard InChI is InChI=1S/C17H23NO2/c1-16(2,3)13-9-17(10-13,11-18)12-6-7-14(19-4)15(8-12)20-5/h6-8,13H,9-10H2,1-5H3. The first-order valence-electron chi connectivity index (χ1n) is 7.00. The molecule has 0 atom stereocenters. The van der Waals surface area contributed by atoms with Gasteiger partial charge in [0.25, 0.3) is 0 Å². The summed E-state index contributed by atoms with van der Waals surface area (Å²) >= 11 is 0. The van der Waals surface area contributed by atoms with Gasteiger partial charge < -0.3 is 9.47 Å². The van der Waals surface area contributed by atoms with Crippen molar-refractivity contribution in [2.75, 3.05) is 14.2 Å². The second-order valence-electron chi connectivity index (χ2n) is 6.73. The summed E-state index contributed by atoms with van der Waals surface area (Å²) in [6.45, 7) is 6.73. The van der Waals surface area contributed by atoms with Crippen molar-refractivity contribution in [2.24, 2.45) is 11.3 Å². The largest absolute Gasteiger partial charge is 0.493 e. The van der Waals surface area contributed by atoms with Crippen LogP contribution in [0.4, 0.5) is 0 Å². The van der Waals surface area contributed by atoms with E-state index in [0.717, 1.165) is 18.4 Å². The molecular weight excluding hydrogens is 250 g/mol. The molecule has 1 saturated carbocycles. The predicted octanol–water partition coefficient (Wildman–Crippen LogP) is 3.92. The molecule has 108 valence electrons. The normalized spacial score (nSPS) is 25.5. The van der Waals surface area contributed by atoms with Gasteiger partial charge in [-0.2, -0.15) is 5.26 Å². The summed E-state index contributed by atoms with van der Waals surface area (Å²) < 4.78 is 10.6. The van der Waals surface area contributed by atoms with E-state index in [0.29, 0.717) is 17.4 Å². The molecule has 0 saturated heterocycles. The van der Waals surface area contributed by atoms with E-state index in [1.54, 1.807) is 14.2 Å². The Morgan fingerprint density at radius 3 is 2.20 bits per heavy atom. The quantitative estimate of drug-likeness (QED) is 0.838. The summed E-state index contributed by atoms with van der Waals surface area (Å²) in [4.78, 5) is 0. The van der Waals surface area contributed by atoms with Crippen LogP contribution in [-0.2, 0) is 5.41 Å². The first kappa shape index (κ1) is 14.7. The van der Waals surface area contributed by atoms with Crippen LogP contribution in [0.1, 0.15) is 39.2 Å². The third-order valence-electron chi connectivity index (χ3n) is 4.56. The van der Waals surface area contributed by atoms with E-state index in [4.69, 9.17) is 9.47 Å². The second kappa shape index (κ2) is 5.01. The van der Waals surface area contributed by atoms with E-state index in [1.807, 2.05) is 18.2 Å². The highest BCUT2D eigenvalue weighted by Gasteiger charge is 2.50. The molecule has 2 rings (SSSR count). The summed E-state index contributed by atoms with van der Waals surface area (Å²) in [7, 11) is 3.25. The van der Waals surface area contributed by atoms with Gasteiger partial charge in [-0.3, -0.25) is 0 Å². The maximum Gasteiger partial charge on any atom is 0.161 e. The zero-order valence-corrected chi connectivity index (χ0v) is 13.0. The van der Waals surface area contributed by atoms with Gasteiger partial charge in [0.2, 0.25) is 0 Å². The summed E-state index contributed by atoms with van der Waals surface area (Å²) in [5, 5.41) is 9.64. The number of benzene rings is 1. The lowest BCUT2D eigenvalue weighted by Crippen LogP contribution is -2.45. The monoisotopic (exact) mass is 273 g/mol. The summed E-state index contributed by atoms with van der Waals surface area (Å²) in [5.74, 6) is 1.99. The van der Waals surface area contributed by atoms with Crippen LogP contribution in [0.2, 0.25) is 0 Å². The van der Waals surface area contributed by atoms with Crippen molar-refractivity contribution >= 4 is 0 Å². The van der Waals surface area contributed by atoms with E-state index in [9.17, 15) is 5.26 Å². The third kappa shape index (κ3) is 2.35. The fourth-order valence-corrected chi connectivity index (χ4v) is 2.92. The van der Waals surface area contributed by atoms with E-state index >= 15 is 0 Å². The van der Waals surface area contributed by atoms with E-state index in [2.05, 4.69) is 26.8 Å². The lowest BCUT2D eigenvalue weighted by molar-refractivity contribution is 0.0781. The van der Waals surface area contributed by atoms with Gasteiger partial charge in [0.1, 0.15) is 0 Å². The minimum absolute atomic E-state index is 0.261. The van der Waals surface area contributed by atoms with Crippen LogP contribution >= 0.6 is 0 Å². The number of hydrogen-bond acceptors (Lipinski definition) is 3. The number of nitriles is 1. The molecular formula is C17H23NO2. The number of rotatable bonds is 3. The Labute approximate surface area is 121 Å². The molecule has 1 aromatic carbocycles. The maximum atomic E-state index is 9.64. The van der Waals surface area contributed by atoms with E-state index in [-0.39, 0.29) is 10.8 Å². The number of ether oxygens (including phenoxy) is 2. The minimum atomic E-state index is -0.364. The molecule has 3 nitrogen and oxygen atoms in total. The molecule has 3 heteroatoms. The SMILES string of the molecule is COc1ccc(C2(C#N)CC(C(C)(C)C)C2)cc1OC. The van der Waals surface area contributed by atoms with Gasteiger partial charge in [-0.25, -0.2) is 0 Å². The highest BCUT2D eigenvalue weighted by molar-refractivity contribution is 5.48. The number of methoxy groups -OCH3 is 2. The van der Waals surface area contributed by atoms with Crippen molar-refractivity contribution in [1.29, 1.82) is 5.26 Å². The Kier molecular flexibility index (Phi) is 3.69. The average molecular weight is 273 g/mol. The van der Waals surface area contributed by atoms with Crippen molar-refractivity contribution in [3.8, 4) is 17.6 Å². The van der Waals surface area contributed by atoms with Gasteiger partial charge >= 0.3 is 0 Å². The average Bonchev–Trinajstić information content (AvgIpc) is 2.36. The predicted molar refractivity (Wildman–Crippen MR) is 79.0 cm³/mol. The molecule has 0 unspecified atom stereocenters. The van der Waals surface area contributed by atoms with Crippen molar-refractivity contribution < 1.29 is 9.47 Å². The Morgan fingerprint density at radius 1 is 1.15 bits per heavy atom. The summed E-state index contributed by atoms with van der Waals surface area (Å²) in [5.41, 5.74) is 0.937. The fourth-order valence-electron chi connectivity index (χ4n) is 2.92. The molecule has 1 aliphatic carbocycles. The number of hydrogen-bond donors (Lipinski definition) is 0. The van der Waals surface area contributed by atoms with Crippen LogP contribution in [0, 0.1) is 22.7 Å². The zero-order valence-electron chi connectivity index (χ0n) is 13.0. The van der Waals surface area contributed by atoms with E-state index < -0.39 is 0 Å². The molecule has 0 N–H and O–H groups in total. The highest BCUT2D eigenvalue weighted by atomic mass is 16.5. The van der Waals surface area contributed by atoms with Crippen LogP contribution in [0.5, 0.6) is 11.5 Å². The molecule has 0 aromatic heterocycles. The third-order valence-corrected chi connectivity index (χ3v) is 4.56. The van der Waals surface area contributed by atoms with Crippen molar-refractivity contribution in [3.63, 3.8) is 0 Å². The van der Waals surface area contributed by atoms with Crippen LogP contribution in [0.25, 0.3) is 0 Å². The Bertz CT molecular complexity index is 531. The van der Waals surface area contributed by atoms with Gasteiger partial charge in [0, 0.05) is 0 Å². The molecule has 1 aromatic rings. The molecule has 0 heterocycles. The minimum Gasteiger partial charge on any atom is -0.493 e. The van der Waals surface area contributed by atoms with Crippen LogP contribution < -0.4 is 9.47 Å². The molecule has 0 radical (unpaired) electrons. The number of nitrogens with zero attached hydrogens (tertiary/aromatic N) is 1. The first-order chi connectivity index (χ1) is 9.36. The molecule has 0 spiro atoms. The second-order valence-corrected chi connectivity index (χ2v) is 6.73. The maximum absolute atomic E-state index is 9.64. The lowest BCUT2D eigenvalue weighted by atomic mass is 9.53. The van der Waals surface area contributed by atoms with Gasteiger partial charge in [-0.05, 0) is 41.9 Å². The summed E-state index contributed by atoms with van der Waals surface area (Å²) in [6, 6.07) is 8.35.